The number of H-pyrrole nitrogens is 1. The second kappa shape index (κ2) is 7.49. The summed E-state index contributed by atoms with van der Waals surface area (Å²) in [4.78, 5) is 44.8. The third-order valence-corrected chi connectivity index (χ3v) is 6.69. The van der Waals surface area contributed by atoms with Crippen LogP contribution in [0.1, 0.15) is 38.6 Å². The van der Waals surface area contributed by atoms with Crippen molar-refractivity contribution in [3.05, 3.63) is 61.7 Å². The van der Waals surface area contributed by atoms with Gasteiger partial charge in [-0.2, -0.15) is 0 Å². The van der Waals surface area contributed by atoms with Gasteiger partial charge < -0.3 is 14.6 Å². The Labute approximate surface area is 177 Å². The first-order valence-corrected chi connectivity index (χ1v) is 10.6. The van der Waals surface area contributed by atoms with Crippen molar-refractivity contribution < 1.29 is 4.74 Å². The van der Waals surface area contributed by atoms with E-state index in [2.05, 4.69) is 22.2 Å². The van der Waals surface area contributed by atoms with Crippen LogP contribution in [-0.2, 0) is 0 Å². The first kappa shape index (κ1) is 19.7. The third kappa shape index (κ3) is 3.29. The highest BCUT2D eigenvalue weighted by Crippen LogP contribution is 2.36. The molecule has 0 radical (unpaired) electrons. The molecule has 31 heavy (non-hydrogen) atoms. The summed E-state index contributed by atoms with van der Waals surface area (Å²) in [6, 6.07) is 8.19. The highest BCUT2D eigenvalue weighted by atomic mass is 16.5. The predicted octanol–water partition coefficient (Wildman–Crippen LogP) is 1.34. The van der Waals surface area contributed by atoms with E-state index >= 15 is 0 Å². The maximum Gasteiger partial charge on any atom is 0.334 e. The highest BCUT2D eigenvalue weighted by Gasteiger charge is 2.37. The Bertz CT molecular complexity index is 1320. The summed E-state index contributed by atoms with van der Waals surface area (Å²) < 4.78 is 7.91. The Morgan fingerprint density at radius 3 is 2.74 bits per heavy atom. The quantitative estimate of drug-likeness (QED) is 0.658. The molecule has 4 atom stereocenters. The molecule has 2 aromatic heterocycles. The number of aromatic amines is 1. The Morgan fingerprint density at radius 1 is 1.13 bits per heavy atom. The summed E-state index contributed by atoms with van der Waals surface area (Å²) in [5.41, 5.74) is -0.366. The molecule has 0 saturated carbocycles. The number of fused-ring (bicyclic) bond motifs is 3. The number of rotatable bonds is 3. The van der Waals surface area contributed by atoms with Crippen molar-refractivity contribution in [3.63, 3.8) is 0 Å². The van der Waals surface area contributed by atoms with E-state index in [0.29, 0.717) is 23.5 Å². The van der Waals surface area contributed by atoms with Crippen LogP contribution < -0.4 is 26.9 Å². The number of ether oxygens (including phenoxy) is 1. The molecular formula is C22H25N5O4. The average molecular weight is 423 g/mol. The second-order valence-corrected chi connectivity index (χ2v) is 8.58. The molecule has 0 spiro atoms. The first-order chi connectivity index (χ1) is 15.0. The molecule has 2 fully saturated rings. The SMILES string of the molecule is COc1cn(-c2nc3ccccc3n([C@@H]3CC4N[C@H](CCC4C)C3)c2=O)c(=O)[nH]c1=O. The van der Waals surface area contributed by atoms with Crippen LogP contribution in [0.3, 0.4) is 0 Å². The normalized spacial score (nSPS) is 25.5. The zero-order valence-electron chi connectivity index (χ0n) is 17.5. The largest absolute Gasteiger partial charge is 0.490 e. The maximum atomic E-state index is 13.7. The number of para-hydroxylation sites is 2. The Kier molecular flexibility index (Phi) is 4.77. The number of hydrogen-bond acceptors (Lipinski definition) is 6. The van der Waals surface area contributed by atoms with Gasteiger partial charge in [0.05, 0.1) is 24.3 Å². The highest BCUT2D eigenvalue weighted by molar-refractivity contribution is 5.75. The topological polar surface area (TPSA) is 111 Å². The van der Waals surface area contributed by atoms with E-state index in [1.165, 1.54) is 19.7 Å². The molecule has 9 heteroatoms. The molecular weight excluding hydrogens is 398 g/mol. The van der Waals surface area contributed by atoms with Gasteiger partial charge in [-0.3, -0.25) is 14.6 Å². The fraction of sp³-hybridized carbons (Fsp3) is 0.455. The number of aromatic nitrogens is 4. The lowest BCUT2D eigenvalue weighted by Gasteiger charge is -2.44. The van der Waals surface area contributed by atoms with Gasteiger partial charge in [-0.25, -0.2) is 14.3 Å². The van der Waals surface area contributed by atoms with Crippen molar-refractivity contribution in [2.24, 2.45) is 5.92 Å². The van der Waals surface area contributed by atoms with E-state index in [4.69, 9.17) is 4.74 Å². The summed E-state index contributed by atoms with van der Waals surface area (Å²) in [5.74, 6) is 0.439. The van der Waals surface area contributed by atoms with Crippen LogP contribution in [0.15, 0.2) is 44.8 Å². The lowest BCUT2D eigenvalue weighted by atomic mass is 9.78. The minimum absolute atomic E-state index is 0.00138. The van der Waals surface area contributed by atoms with Gasteiger partial charge in [0, 0.05) is 18.1 Å². The van der Waals surface area contributed by atoms with Crippen molar-refractivity contribution in [2.75, 3.05) is 7.11 Å². The molecule has 9 nitrogen and oxygen atoms in total. The van der Waals surface area contributed by atoms with E-state index in [1.807, 2.05) is 24.3 Å². The lowest BCUT2D eigenvalue weighted by molar-refractivity contribution is 0.144. The molecule has 2 aliphatic heterocycles. The van der Waals surface area contributed by atoms with Crippen LogP contribution in [-0.4, -0.2) is 38.3 Å². The van der Waals surface area contributed by atoms with Gasteiger partial charge in [0.15, 0.2) is 0 Å². The molecule has 2 saturated heterocycles. The number of nitrogens with one attached hydrogen (secondary N) is 2. The molecule has 2 unspecified atom stereocenters. The molecule has 4 heterocycles. The van der Waals surface area contributed by atoms with Crippen LogP contribution in [0.4, 0.5) is 0 Å². The Hall–Kier alpha value is -3.20. The number of nitrogens with zero attached hydrogens (tertiary/aromatic N) is 3. The van der Waals surface area contributed by atoms with E-state index < -0.39 is 11.2 Å². The minimum Gasteiger partial charge on any atom is -0.490 e. The number of hydrogen-bond donors (Lipinski definition) is 2. The van der Waals surface area contributed by atoms with Crippen LogP contribution >= 0.6 is 0 Å². The summed E-state index contributed by atoms with van der Waals surface area (Å²) in [7, 11) is 1.33. The zero-order chi connectivity index (χ0) is 21.7. The third-order valence-electron chi connectivity index (χ3n) is 6.69. The van der Waals surface area contributed by atoms with Crippen LogP contribution in [0.5, 0.6) is 5.75 Å². The van der Waals surface area contributed by atoms with Crippen LogP contribution in [0, 0.1) is 5.92 Å². The smallest absolute Gasteiger partial charge is 0.334 e. The van der Waals surface area contributed by atoms with Gasteiger partial charge in [0.1, 0.15) is 0 Å². The summed E-state index contributed by atoms with van der Waals surface area (Å²) in [6.07, 6.45) is 5.20. The van der Waals surface area contributed by atoms with Crippen LogP contribution in [0.2, 0.25) is 0 Å². The molecule has 3 aromatic rings. The Balaban J connectivity index is 1.73. The van der Waals surface area contributed by atoms with Gasteiger partial charge >= 0.3 is 5.69 Å². The number of methoxy groups -OCH3 is 1. The number of benzene rings is 1. The monoisotopic (exact) mass is 423 g/mol. The fourth-order valence-electron chi connectivity index (χ4n) is 5.05. The molecule has 2 aliphatic rings. The molecule has 0 aliphatic carbocycles. The molecule has 5 rings (SSSR count). The van der Waals surface area contributed by atoms with Gasteiger partial charge in [0.2, 0.25) is 11.6 Å². The van der Waals surface area contributed by atoms with Crippen LogP contribution in [0.25, 0.3) is 16.9 Å². The molecule has 1 aromatic carbocycles. The second-order valence-electron chi connectivity index (χ2n) is 8.58. The summed E-state index contributed by atoms with van der Waals surface area (Å²) in [5, 5.41) is 3.70. The van der Waals surface area contributed by atoms with Crippen molar-refractivity contribution in [1.29, 1.82) is 0 Å². The lowest BCUT2D eigenvalue weighted by Crippen LogP contribution is -2.53. The first-order valence-electron chi connectivity index (χ1n) is 10.6. The summed E-state index contributed by atoms with van der Waals surface area (Å²) >= 11 is 0. The summed E-state index contributed by atoms with van der Waals surface area (Å²) in [6.45, 7) is 2.25. The fourth-order valence-corrected chi connectivity index (χ4v) is 5.05. The van der Waals surface area contributed by atoms with Crippen molar-refractivity contribution in [1.82, 2.24) is 24.4 Å². The van der Waals surface area contributed by atoms with Gasteiger partial charge in [-0.1, -0.05) is 19.1 Å². The van der Waals surface area contributed by atoms with Gasteiger partial charge in [0.25, 0.3) is 11.1 Å². The van der Waals surface area contributed by atoms with E-state index in [0.717, 1.165) is 29.3 Å². The van der Waals surface area contributed by atoms with E-state index in [1.54, 1.807) is 4.57 Å². The minimum atomic E-state index is -0.729. The average Bonchev–Trinajstić information content (AvgIpc) is 2.76. The zero-order valence-corrected chi connectivity index (χ0v) is 17.5. The predicted molar refractivity (Wildman–Crippen MR) is 116 cm³/mol. The van der Waals surface area contributed by atoms with Crippen molar-refractivity contribution in [3.8, 4) is 11.6 Å². The number of piperidine rings is 2. The van der Waals surface area contributed by atoms with Crippen molar-refractivity contribution in [2.45, 2.75) is 50.7 Å². The van der Waals surface area contributed by atoms with E-state index in [-0.39, 0.29) is 23.2 Å². The molecule has 0 amide bonds. The maximum absolute atomic E-state index is 13.7. The van der Waals surface area contributed by atoms with Crippen molar-refractivity contribution >= 4 is 11.0 Å². The van der Waals surface area contributed by atoms with Gasteiger partial charge in [-0.05, 0) is 43.7 Å². The Morgan fingerprint density at radius 2 is 1.94 bits per heavy atom. The molecule has 2 bridgehead atoms. The molecule has 2 N–H and O–H groups in total. The molecule has 162 valence electrons. The van der Waals surface area contributed by atoms with Gasteiger partial charge in [-0.15, -0.1) is 0 Å². The standard InChI is InChI=1S/C22H25N5O4/c1-12-7-8-13-9-14(10-16(12)23-13)27-17-6-4-3-5-15(17)24-19(21(27)29)26-11-18(31-2)20(28)25-22(26)30/h3-6,11-14,16,23H,7-10H2,1-2H3,(H,25,28,30)/t12?,13-,14+,16?/m1/s1. The van der Waals surface area contributed by atoms with E-state index in [9.17, 15) is 14.4 Å².